The summed E-state index contributed by atoms with van der Waals surface area (Å²) in [7, 11) is 0. The van der Waals surface area contributed by atoms with E-state index in [-0.39, 0.29) is 24.6 Å². The van der Waals surface area contributed by atoms with Gasteiger partial charge >= 0.3 is 0 Å². The highest BCUT2D eigenvalue weighted by Gasteiger charge is 2.38. The van der Waals surface area contributed by atoms with Gasteiger partial charge in [0.1, 0.15) is 6.54 Å². The number of hydrogen-bond acceptors (Lipinski definition) is 5. The summed E-state index contributed by atoms with van der Waals surface area (Å²) in [5.74, 6) is -0.813. The van der Waals surface area contributed by atoms with Crippen LogP contribution in [-0.4, -0.2) is 41.1 Å². The molecule has 1 aliphatic rings. The summed E-state index contributed by atoms with van der Waals surface area (Å²) in [4.78, 5) is 40.6. The minimum Gasteiger partial charge on any atom is -0.381 e. The normalized spacial score (nSPS) is 16.5. The van der Waals surface area contributed by atoms with Gasteiger partial charge in [0.2, 0.25) is 11.8 Å². The van der Waals surface area contributed by atoms with Crippen molar-refractivity contribution in [2.75, 3.05) is 19.8 Å². The summed E-state index contributed by atoms with van der Waals surface area (Å²) in [6, 6.07) is 6.95. The standard InChI is InChI=1S/C17H20N4O4/c18-16(24)17(5-7-25-8-6-17)10-19-14(22)9-21-11-20-13-4-2-1-3-12(13)15(21)23/h1-4,11H,5-10H2,(H2,18,24)(H,19,22). The van der Waals surface area contributed by atoms with E-state index in [4.69, 9.17) is 10.5 Å². The Labute approximate surface area is 144 Å². The molecule has 3 N–H and O–H groups in total. The summed E-state index contributed by atoms with van der Waals surface area (Å²) >= 11 is 0. The second kappa shape index (κ2) is 7.02. The summed E-state index contributed by atoms with van der Waals surface area (Å²) in [6.07, 6.45) is 2.29. The van der Waals surface area contributed by atoms with E-state index in [0.29, 0.717) is 37.0 Å². The van der Waals surface area contributed by atoms with Crippen molar-refractivity contribution in [3.8, 4) is 0 Å². The molecule has 25 heavy (non-hydrogen) atoms. The quantitative estimate of drug-likeness (QED) is 0.779. The van der Waals surface area contributed by atoms with Gasteiger partial charge in [0.05, 0.1) is 22.6 Å². The number of aromatic nitrogens is 2. The third-order valence-electron chi connectivity index (χ3n) is 4.64. The van der Waals surface area contributed by atoms with Gasteiger partial charge in [-0.2, -0.15) is 0 Å². The molecule has 1 aliphatic heterocycles. The first-order valence-electron chi connectivity index (χ1n) is 8.10. The zero-order valence-corrected chi connectivity index (χ0v) is 13.7. The maximum Gasteiger partial charge on any atom is 0.261 e. The molecule has 0 spiro atoms. The van der Waals surface area contributed by atoms with E-state index in [0.717, 1.165) is 0 Å². The number of hydrogen-bond donors (Lipinski definition) is 2. The zero-order valence-electron chi connectivity index (χ0n) is 13.7. The first-order valence-corrected chi connectivity index (χ1v) is 8.10. The number of amides is 2. The molecule has 2 aromatic rings. The number of carbonyl (C=O) groups excluding carboxylic acids is 2. The highest BCUT2D eigenvalue weighted by atomic mass is 16.5. The zero-order chi connectivity index (χ0) is 17.9. The van der Waals surface area contributed by atoms with Crippen LogP contribution in [0.2, 0.25) is 0 Å². The average Bonchev–Trinajstić information content (AvgIpc) is 2.63. The molecule has 132 valence electrons. The highest BCUT2D eigenvalue weighted by Crippen LogP contribution is 2.29. The molecule has 1 fully saturated rings. The van der Waals surface area contributed by atoms with Crippen molar-refractivity contribution in [3.63, 3.8) is 0 Å². The number of fused-ring (bicyclic) bond motifs is 1. The van der Waals surface area contributed by atoms with E-state index >= 15 is 0 Å². The van der Waals surface area contributed by atoms with E-state index in [2.05, 4.69) is 10.3 Å². The Morgan fingerprint density at radius 2 is 2.00 bits per heavy atom. The van der Waals surface area contributed by atoms with Crippen molar-refractivity contribution >= 4 is 22.7 Å². The molecular formula is C17H20N4O4. The molecule has 8 heteroatoms. The maximum absolute atomic E-state index is 12.4. The van der Waals surface area contributed by atoms with Gasteiger partial charge < -0.3 is 15.8 Å². The molecule has 0 radical (unpaired) electrons. The van der Waals surface area contributed by atoms with E-state index in [1.165, 1.54) is 10.9 Å². The first-order chi connectivity index (χ1) is 12.0. The van der Waals surface area contributed by atoms with Gasteiger partial charge in [-0.25, -0.2) is 4.98 Å². The molecule has 1 aromatic heterocycles. The van der Waals surface area contributed by atoms with Crippen LogP contribution in [-0.2, 0) is 20.9 Å². The van der Waals surface area contributed by atoms with Crippen molar-refractivity contribution in [1.29, 1.82) is 0 Å². The van der Waals surface area contributed by atoms with Gasteiger partial charge in [0.15, 0.2) is 0 Å². The molecule has 2 heterocycles. The Balaban J connectivity index is 1.69. The monoisotopic (exact) mass is 344 g/mol. The molecule has 1 saturated heterocycles. The molecule has 0 aliphatic carbocycles. The lowest BCUT2D eigenvalue weighted by Gasteiger charge is -2.34. The number of nitrogens with two attached hydrogens (primary N) is 1. The Morgan fingerprint density at radius 1 is 1.28 bits per heavy atom. The molecule has 0 saturated carbocycles. The van der Waals surface area contributed by atoms with Gasteiger partial charge in [-0.05, 0) is 25.0 Å². The summed E-state index contributed by atoms with van der Waals surface area (Å²) in [5, 5.41) is 3.17. The van der Waals surface area contributed by atoms with Crippen molar-refractivity contribution in [2.24, 2.45) is 11.1 Å². The molecule has 2 amide bonds. The van der Waals surface area contributed by atoms with Gasteiger partial charge in [0.25, 0.3) is 5.56 Å². The van der Waals surface area contributed by atoms with Crippen LogP contribution in [0.1, 0.15) is 12.8 Å². The Kier molecular flexibility index (Phi) is 4.80. The number of para-hydroxylation sites is 1. The van der Waals surface area contributed by atoms with E-state index in [9.17, 15) is 14.4 Å². The lowest BCUT2D eigenvalue weighted by atomic mass is 9.79. The van der Waals surface area contributed by atoms with Crippen molar-refractivity contribution in [2.45, 2.75) is 19.4 Å². The molecule has 3 rings (SSSR count). The predicted molar refractivity (Wildman–Crippen MR) is 90.7 cm³/mol. The lowest BCUT2D eigenvalue weighted by Crippen LogP contribution is -2.50. The Hall–Kier alpha value is -2.74. The van der Waals surface area contributed by atoms with Crippen LogP contribution >= 0.6 is 0 Å². The highest BCUT2D eigenvalue weighted by molar-refractivity contribution is 5.83. The number of ether oxygens (including phenoxy) is 1. The lowest BCUT2D eigenvalue weighted by molar-refractivity contribution is -0.134. The van der Waals surface area contributed by atoms with Crippen LogP contribution < -0.4 is 16.6 Å². The topological polar surface area (TPSA) is 116 Å². The molecular weight excluding hydrogens is 324 g/mol. The number of rotatable bonds is 5. The van der Waals surface area contributed by atoms with E-state index < -0.39 is 11.3 Å². The Bertz CT molecular complexity index is 855. The summed E-state index contributed by atoms with van der Waals surface area (Å²) in [5.41, 5.74) is 5.03. The van der Waals surface area contributed by atoms with E-state index in [1.54, 1.807) is 24.3 Å². The third kappa shape index (κ3) is 3.53. The van der Waals surface area contributed by atoms with Crippen LogP contribution in [0.15, 0.2) is 35.4 Å². The smallest absolute Gasteiger partial charge is 0.261 e. The fraction of sp³-hybridized carbons (Fsp3) is 0.412. The van der Waals surface area contributed by atoms with Crippen LogP contribution in [0.5, 0.6) is 0 Å². The second-order valence-corrected chi connectivity index (χ2v) is 6.23. The molecule has 8 nitrogen and oxygen atoms in total. The number of nitrogens with one attached hydrogen (secondary N) is 1. The first kappa shape index (κ1) is 17.1. The van der Waals surface area contributed by atoms with Gasteiger partial charge in [0, 0.05) is 19.8 Å². The number of carbonyl (C=O) groups is 2. The number of primary amides is 1. The minimum atomic E-state index is -0.791. The number of nitrogens with zero attached hydrogens (tertiary/aromatic N) is 2. The molecule has 0 bridgehead atoms. The van der Waals surface area contributed by atoms with Gasteiger partial charge in [-0.1, -0.05) is 12.1 Å². The van der Waals surface area contributed by atoms with Crippen LogP contribution in [0.4, 0.5) is 0 Å². The third-order valence-corrected chi connectivity index (χ3v) is 4.64. The number of benzene rings is 1. The van der Waals surface area contributed by atoms with Crippen molar-refractivity contribution < 1.29 is 14.3 Å². The average molecular weight is 344 g/mol. The molecule has 0 atom stereocenters. The molecule has 1 aromatic carbocycles. The summed E-state index contributed by atoms with van der Waals surface area (Å²) in [6.45, 7) is 0.849. The van der Waals surface area contributed by atoms with E-state index in [1.807, 2.05) is 0 Å². The van der Waals surface area contributed by atoms with Crippen molar-refractivity contribution in [3.05, 3.63) is 40.9 Å². The second-order valence-electron chi connectivity index (χ2n) is 6.23. The van der Waals surface area contributed by atoms with Gasteiger partial charge in [-0.15, -0.1) is 0 Å². The fourth-order valence-electron chi connectivity index (χ4n) is 2.97. The Morgan fingerprint density at radius 3 is 2.72 bits per heavy atom. The predicted octanol–water partition coefficient (Wildman–Crippen LogP) is -0.205. The largest absolute Gasteiger partial charge is 0.381 e. The fourth-order valence-corrected chi connectivity index (χ4v) is 2.97. The van der Waals surface area contributed by atoms with Crippen molar-refractivity contribution in [1.82, 2.24) is 14.9 Å². The SMILES string of the molecule is NC(=O)C1(CNC(=O)Cn2cnc3ccccc3c2=O)CCOCC1. The maximum atomic E-state index is 12.4. The van der Waals surface area contributed by atoms with Crippen LogP contribution in [0, 0.1) is 5.41 Å². The van der Waals surface area contributed by atoms with Gasteiger partial charge in [-0.3, -0.25) is 19.0 Å². The van der Waals surface area contributed by atoms with Crippen LogP contribution in [0.3, 0.4) is 0 Å². The minimum absolute atomic E-state index is 0.139. The summed E-state index contributed by atoms with van der Waals surface area (Å²) < 4.78 is 6.51. The molecule has 0 unspecified atom stereocenters. The van der Waals surface area contributed by atoms with Crippen LogP contribution in [0.25, 0.3) is 10.9 Å².